The fourth-order valence-corrected chi connectivity index (χ4v) is 5.06. The monoisotopic (exact) mass is 457 g/mol. The number of Topliss-reactive ketones (excluding diaryl/α,β-unsaturated/α-hetero) is 1. The number of hydrogen-bond donors (Lipinski definition) is 1. The zero-order chi connectivity index (χ0) is 23.6. The second-order valence-electron chi connectivity index (χ2n) is 8.37. The maximum atomic E-state index is 13.1. The maximum absolute atomic E-state index is 13.1. The Hall–Kier alpha value is -2.64. The minimum absolute atomic E-state index is 0.0991. The van der Waals surface area contributed by atoms with E-state index in [9.17, 15) is 14.7 Å². The molecule has 1 saturated heterocycles. The van der Waals surface area contributed by atoms with E-state index in [1.165, 1.54) is 11.3 Å². The number of nitrogens with zero attached hydrogens (tertiary/aromatic N) is 1. The Bertz CT molecular complexity index is 1050. The highest BCUT2D eigenvalue weighted by atomic mass is 32.1. The first-order valence-electron chi connectivity index (χ1n) is 10.8. The molecule has 1 aliphatic heterocycles. The summed E-state index contributed by atoms with van der Waals surface area (Å²) in [6.07, 6.45) is 0.703. The average Bonchev–Trinajstić information content (AvgIpc) is 3.27. The van der Waals surface area contributed by atoms with Crippen LogP contribution in [0.1, 0.15) is 53.4 Å². The Kier molecular flexibility index (Phi) is 7.41. The Morgan fingerprint density at radius 2 is 1.88 bits per heavy atom. The summed E-state index contributed by atoms with van der Waals surface area (Å²) in [5, 5.41) is 13.3. The topological polar surface area (TPSA) is 76.1 Å². The molecule has 1 aliphatic rings. The van der Waals surface area contributed by atoms with Gasteiger partial charge in [0.2, 0.25) is 0 Å². The van der Waals surface area contributed by atoms with Gasteiger partial charge < -0.3 is 19.5 Å². The number of likely N-dealkylation sites (tertiary alicyclic amines) is 1. The summed E-state index contributed by atoms with van der Waals surface area (Å²) in [7, 11) is 1.59. The summed E-state index contributed by atoms with van der Waals surface area (Å²) in [4.78, 5) is 28.6. The number of ether oxygens (including phenoxy) is 2. The summed E-state index contributed by atoms with van der Waals surface area (Å²) < 4.78 is 11.0. The summed E-state index contributed by atoms with van der Waals surface area (Å²) in [5.41, 5.74) is 3.26. The highest BCUT2D eigenvalue weighted by molar-refractivity contribution is 7.10. The Morgan fingerprint density at radius 3 is 2.47 bits per heavy atom. The molecule has 2 aromatic rings. The van der Waals surface area contributed by atoms with Gasteiger partial charge in [-0.3, -0.25) is 9.59 Å². The van der Waals surface area contributed by atoms with Crippen LogP contribution in [0.2, 0.25) is 0 Å². The molecule has 0 saturated carbocycles. The Labute approximate surface area is 193 Å². The van der Waals surface area contributed by atoms with Crippen LogP contribution in [0.3, 0.4) is 0 Å². The van der Waals surface area contributed by atoms with Crippen LogP contribution in [-0.2, 0) is 14.3 Å². The first-order valence-corrected chi connectivity index (χ1v) is 11.6. The van der Waals surface area contributed by atoms with Crippen molar-refractivity contribution >= 4 is 28.8 Å². The number of carbonyl (C=O) groups excluding carboxylic acids is 2. The Morgan fingerprint density at radius 1 is 1.16 bits per heavy atom. The maximum Gasteiger partial charge on any atom is 0.295 e. The average molecular weight is 458 g/mol. The van der Waals surface area contributed by atoms with Crippen molar-refractivity contribution in [3.05, 3.63) is 56.3 Å². The first-order chi connectivity index (χ1) is 15.2. The number of benzene rings is 1. The van der Waals surface area contributed by atoms with Crippen LogP contribution in [0.15, 0.2) is 29.2 Å². The van der Waals surface area contributed by atoms with E-state index >= 15 is 0 Å². The fraction of sp³-hybridized carbons (Fsp3) is 0.440. The minimum Gasteiger partial charge on any atom is -0.507 e. The van der Waals surface area contributed by atoms with E-state index in [-0.39, 0.29) is 17.4 Å². The third kappa shape index (κ3) is 4.59. The third-order valence-electron chi connectivity index (χ3n) is 5.68. The van der Waals surface area contributed by atoms with Crippen LogP contribution in [0.5, 0.6) is 5.75 Å². The number of aryl methyl sites for hydroxylation is 3. The molecule has 0 radical (unpaired) electrons. The number of aliphatic hydroxyl groups excluding tert-OH is 1. The molecule has 1 N–H and O–H groups in total. The molecule has 7 heteroatoms. The van der Waals surface area contributed by atoms with E-state index in [1.807, 2.05) is 52.1 Å². The van der Waals surface area contributed by atoms with Crippen molar-refractivity contribution in [1.82, 2.24) is 4.90 Å². The van der Waals surface area contributed by atoms with E-state index in [4.69, 9.17) is 9.47 Å². The summed E-state index contributed by atoms with van der Waals surface area (Å²) in [5.74, 6) is -0.685. The van der Waals surface area contributed by atoms with Crippen LogP contribution in [0, 0.1) is 20.8 Å². The van der Waals surface area contributed by atoms with Gasteiger partial charge in [-0.15, -0.1) is 11.3 Å². The SMILES string of the molecule is COc1cc(C)c(/C(O)=C2\C(=O)C(=O)N(CCCOC(C)C)C2c2sccc2C)cc1C. The predicted molar refractivity (Wildman–Crippen MR) is 126 cm³/mol. The van der Waals surface area contributed by atoms with Crippen molar-refractivity contribution < 1.29 is 24.2 Å². The van der Waals surface area contributed by atoms with Crippen molar-refractivity contribution in [2.45, 2.75) is 53.2 Å². The lowest BCUT2D eigenvalue weighted by molar-refractivity contribution is -0.140. The van der Waals surface area contributed by atoms with Crippen LogP contribution in [0.25, 0.3) is 5.76 Å². The summed E-state index contributed by atoms with van der Waals surface area (Å²) in [6.45, 7) is 10.5. The number of ketones is 1. The number of carbonyl (C=O) groups is 2. The molecule has 1 unspecified atom stereocenters. The molecule has 0 spiro atoms. The van der Waals surface area contributed by atoms with E-state index < -0.39 is 17.7 Å². The molecule has 1 aromatic carbocycles. The number of rotatable bonds is 8. The number of amides is 1. The van der Waals surface area contributed by atoms with Crippen molar-refractivity contribution in [3.8, 4) is 5.75 Å². The van der Waals surface area contributed by atoms with Crippen LogP contribution < -0.4 is 4.74 Å². The molecular formula is C25H31NO5S. The van der Waals surface area contributed by atoms with Gasteiger partial charge in [-0.1, -0.05) is 0 Å². The van der Waals surface area contributed by atoms with Crippen molar-refractivity contribution in [2.24, 2.45) is 0 Å². The fourth-order valence-electron chi connectivity index (χ4n) is 4.01. The molecule has 1 aromatic heterocycles. The number of thiophene rings is 1. The molecular weight excluding hydrogens is 426 g/mol. The van der Waals surface area contributed by atoms with Crippen molar-refractivity contribution in [3.63, 3.8) is 0 Å². The van der Waals surface area contributed by atoms with Gasteiger partial charge in [0.25, 0.3) is 11.7 Å². The summed E-state index contributed by atoms with van der Waals surface area (Å²) >= 11 is 1.49. The van der Waals surface area contributed by atoms with Crippen LogP contribution in [-0.4, -0.2) is 48.1 Å². The van der Waals surface area contributed by atoms with Crippen molar-refractivity contribution in [1.29, 1.82) is 0 Å². The zero-order valence-electron chi connectivity index (χ0n) is 19.5. The zero-order valence-corrected chi connectivity index (χ0v) is 20.3. The second kappa shape index (κ2) is 9.88. The van der Waals surface area contributed by atoms with Gasteiger partial charge in [0.15, 0.2) is 0 Å². The molecule has 172 valence electrons. The molecule has 0 bridgehead atoms. The highest BCUT2D eigenvalue weighted by Crippen LogP contribution is 2.43. The van der Waals surface area contributed by atoms with Gasteiger partial charge in [-0.05, 0) is 81.3 Å². The molecule has 3 rings (SSSR count). The lowest BCUT2D eigenvalue weighted by Gasteiger charge is -2.25. The van der Waals surface area contributed by atoms with E-state index in [1.54, 1.807) is 18.1 Å². The minimum atomic E-state index is -0.655. The normalized spacial score (nSPS) is 18.1. The third-order valence-corrected chi connectivity index (χ3v) is 6.75. The summed E-state index contributed by atoms with van der Waals surface area (Å²) in [6, 6.07) is 4.97. The standard InChI is InChI=1S/C25H31NO5S/c1-14(2)31-10-7-9-26-21(24-15(3)8-11-32-24)20(23(28)25(26)29)22(27)18-12-17(5)19(30-6)13-16(18)4/h8,11-14,21,27H,7,9-10H2,1-6H3/b22-20+. The van der Waals surface area contributed by atoms with E-state index in [0.29, 0.717) is 30.9 Å². The van der Waals surface area contributed by atoms with Gasteiger partial charge in [-0.25, -0.2) is 0 Å². The van der Waals surface area contributed by atoms with Gasteiger partial charge in [0.05, 0.1) is 24.8 Å². The predicted octanol–water partition coefficient (Wildman–Crippen LogP) is 4.92. The largest absolute Gasteiger partial charge is 0.507 e. The van der Waals surface area contributed by atoms with Gasteiger partial charge in [-0.2, -0.15) is 0 Å². The highest BCUT2D eigenvalue weighted by Gasteiger charge is 2.46. The first kappa shape index (κ1) is 24.0. The van der Waals surface area contributed by atoms with E-state index in [0.717, 1.165) is 21.6 Å². The second-order valence-corrected chi connectivity index (χ2v) is 9.32. The molecule has 0 aliphatic carbocycles. The molecule has 32 heavy (non-hydrogen) atoms. The quantitative estimate of drug-likeness (QED) is 0.264. The molecule has 1 fully saturated rings. The molecule has 1 amide bonds. The molecule has 2 heterocycles. The number of hydrogen-bond acceptors (Lipinski definition) is 6. The Balaban J connectivity index is 2.09. The smallest absolute Gasteiger partial charge is 0.295 e. The van der Waals surface area contributed by atoms with E-state index in [2.05, 4.69) is 0 Å². The van der Waals surface area contributed by atoms with Crippen LogP contribution in [0.4, 0.5) is 0 Å². The molecule has 6 nitrogen and oxygen atoms in total. The van der Waals surface area contributed by atoms with Gasteiger partial charge >= 0.3 is 0 Å². The van der Waals surface area contributed by atoms with Gasteiger partial charge in [0.1, 0.15) is 11.5 Å². The number of aliphatic hydroxyl groups is 1. The van der Waals surface area contributed by atoms with Gasteiger partial charge in [0, 0.05) is 23.6 Å². The lowest BCUT2D eigenvalue weighted by Crippen LogP contribution is -2.31. The van der Waals surface area contributed by atoms with Crippen LogP contribution >= 0.6 is 11.3 Å². The lowest BCUT2D eigenvalue weighted by atomic mass is 9.95. The van der Waals surface area contributed by atoms with Crippen molar-refractivity contribution in [2.75, 3.05) is 20.3 Å². The molecule has 1 atom stereocenters. The number of methoxy groups -OCH3 is 1.